The fourth-order valence-corrected chi connectivity index (χ4v) is 11.5. The summed E-state index contributed by atoms with van der Waals surface area (Å²) in [4.78, 5) is 40.2. The topological polar surface area (TPSA) is 114 Å². The highest BCUT2D eigenvalue weighted by molar-refractivity contribution is 7.45. The lowest BCUT2D eigenvalue weighted by molar-refractivity contribution is -0.870. The molecule has 0 aromatic carbocycles. The number of rotatable bonds is 67. The van der Waals surface area contributed by atoms with Gasteiger partial charge in [-0.25, -0.2) is 0 Å². The maximum atomic E-state index is 13.6. The average molecular weight is 1210 g/mol. The Labute approximate surface area is 528 Å². The fourth-order valence-electron chi connectivity index (χ4n) is 10.8. The molecule has 0 saturated heterocycles. The highest BCUT2D eigenvalue weighted by Gasteiger charge is 2.27. The first kappa shape index (κ1) is 82.7. The standard InChI is InChI=1S/C75H141N2O7P/c1-7-10-13-16-19-22-25-27-29-31-33-35-36-37-38-39-40-42-43-45-47-49-52-55-58-61-64-67-74(78)76-72(71-83-85(80,81)82-70-69-77(4,5)6)73(66-63-60-57-54-51-24-21-18-15-12-9-3)84-75(79)68-65-62-59-56-53-50-48-46-44-41-34-32-30-28-26-23-20-17-14-11-8-2/h19,22,27-30,33,35,63,66,72-73H,7-18,20-21,23-26,31-32,34,36-62,64-65,67-71H2,1-6H3,(H-,76,78,80,81)/b22-19-,29-27-,30-28+,35-33-,66-63-. The molecule has 0 saturated carbocycles. The molecule has 0 aromatic heterocycles. The van der Waals surface area contributed by atoms with Crippen LogP contribution in [0.5, 0.6) is 0 Å². The number of quaternary nitrogens is 1. The van der Waals surface area contributed by atoms with E-state index in [1.54, 1.807) is 0 Å². The number of nitrogens with one attached hydrogen (secondary N) is 1. The monoisotopic (exact) mass is 1210 g/mol. The number of hydrogen-bond donors (Lipinski definition) is 1. The van der Waals surface area contributed by atoms with E-state index in [9.17, 15) is 19.0 Å². The second-order valence-electron chi connectivity index (χ2n) is 26.1. The summed E-state index contributed by atoms with van der Waals surface area (Å²) in [6.07, 6.45) is 83.5. The molecular formula is C75H141N2O7P. The number of ether oxygens (including phenoxy) is 1. The molecule has 9 nitrogen and oxygen atoms in total. The fraction of sp³-hybridized carbons (Fsp3) is 0.840. The van der Waals surface area contributed by atoms with Crippen LogP contribution in [0, 0.1) is 0 Å². The van der Waals surface area contributed by atoms with Gasteiger partial charge in [-0.2, -0.15) is 0 Å². The Bertz CT molecular complexity index is 1640. The minimum atomic E-state index is -4.70. The molecule has 0 aliphatic carbocycles. The summed E-state index contributed by atoms with van der Waals surface area (Å²) in [5.41, 5.74) is 0. The number of esters is 1. The van der Waals surface area contributed by atoms with Crippen molar-refractivity contribution in [2.24, 2.45) is 0 Å². The highest BCUT2D eigenvalue weighted by atomic mass is 31.2. The highest BCUT2D eigenvalue weighted by Crippen LogP contribution is 2.38. The molecule has 0 bridgehead atoms. The third kappa shape index (κ3) is 66.0. The quantitative estimate of drug-likeness (QED) is 0.0212. The third-order valence-electron chi connectivity index (χ3n) is 16.4. The molecule has 85 heavy (non-hydrogen) atoms. The van der Waals surface area contributed by atoms with Crippen LogP contribution in [0.25, 0.3) is 0 Å². The normalized spacial score (nSPS) is 13.8. The number of allylic oxidation sites excluding steroid dienone is 9. The zero-order chi connectivity index (χ0) is 62.1. The molecule has 0 aliphatic rings. The summed E-state index contributed by atoms with van der Waals surface area (Å²) < 4.78 is 30.5. The largest absolute Gasteiger partial charge is 0.756 e. The van der Waals surface area contributed by atoms with E-state index >= 15 is 0 Å². The summed E-state index contributed by atoms with van der Waals surface area (Å²) in [6, 6.07) is -0.889. The Hall–Kier alpha value is -2.29. The van der Waals surface area contributed by atoms with Gasteiger partial charge in [-0.05, 0) is 96.0 Å². The van der Waals surface area contributed by atoms with Crippen molar-refractivity contribution < 1.29 is 37.3 Å². The van der Waals surface area contributed by atoms with Gasteiger partial charge in [-0.15, -0.1) is 0 Å². The first-order chi connectivity index (χ1) is 41.4. The molecule has 0 heterocycles. The van der Waals surface area contributed by atoms with Gasteiger partial charge < -0.3 is 28.5 Å². The first-order valence-corrected chi connectivity index (χ1v) is 38.1. The Morgan fingerprint density at radius 2 is 0.718 bits per heavy atom. The summed E-state index contributed by atoms with van der Waals surface area (Å²) in [5.74, 6) is -0.529. The van der Waals surface area contributed by atoms with Gasteiger partial charge in [0.1, 0.15) is 19.3 Å². The Morgan fingerprint density at radius 1 is 0.412 bits per heavy atom. The molecule has 3 atom stereocenters. The van der Waals surface area contributed by atoms with E-state index in [4.69, 9.17) is 13.8 Å². The number of likely N-dealkylation sites (N-methyl/N-ethyl adjacent to an activating group) is 1. The zero-order valence-electron chi connectivity index (χ0n) is 57.1. The van der Waals surface area contributed by atoms with E-state index in [1.807, 2.05) is 33.3 Å². The lowest BCUT2D eigenvalue weighted by Crippen LogP contribution is -2.47. The van der Waals surface area contributed by atoms with E-state index in [0.717, 1.165) is 70.6 Å². The number of hydrogen-bond acceptors (Lipinski definition) is 7. The predicted molar refractivity (Wildman–Crippen MR) is 367 cm³/mol. The number of unbranched alkanes of at least 4 members (excludes halogenated alkanes) is 43. The lowest BCUT2D eigenvalue weighted by atomic mass is 10.0. The van der Waals surface area contributed by atoms with E-state index in [1.165, 1.54) is 250 Å². The van der Waals surface area contributed by atoms with E-state index < -0.39 is 20.0 Å². The molecule has 0 radical (unpaired) electrons. The maximum Gasteiger partial charge on any atom is 0.306 e. The van der Waals surface area contributed by atoms with Crippen LogP contribution in [0.15, 0.2) is 60.8 Å². The van der Waals surface area contributed by atoms with Gasteiger partial charge in [-0.1, -0.05) is 307 Å². The van der Waals surface area contributed by atoms with E-state index in [0.29, 0.717) is 17.4 Å². The van der Waals surface area contributed by atoms with Gasteiger partial charge in [0, 0.05) is 12.8 Å². The average Bonchev–Trinajstić information content (AvgIpc) is 3.64. The van der Waals surface area contributed by atoms with Crippen LogP contribution in [-0.4, -0.2) is 69.4 Å². The van der Waals surface area contributed by atoms with E-state index in [-0.39, 0.29) is 31.5 Å². The van der Waals surface area contributed by atoms with Gasteiger partial charge in [0.25, 0.3) is 7.82 Å². The predicted octanol–water partition coefficient (Wildman–Crippen LogP) is 22.7. The van der Waals surface area contributed by atoms with Crippen LogP contribution in [-0.2, 0) is 27.9 Å². The van der Waals surface area contributed by atoms with Gasteiger partial charge in [0.15, 0.2) is 0 Å². The molecule has 1 amide bonds. The Morgan fingerprint density at radius 3 is 1.11 bits per heavy atom. The molecule has 0 aromatic rings. The van der Waals surface area contributed by atoms with Crippen molar-refractivity contribution in [2.75, 3.05) is 40.9 Å². The molecular weight excluding hydrogens is 1070 g/mol. The van der Waals surface area contributed by atoms with Crippen molar-refractivity contribution in [1.82, 2.24) is 5.32 Å². The van der Waals surface area contributed by atoms with Crippen LogP contribution >= 0.6 is 7.82 Å². The molecule has 1 N–H and O–H groups in total. The first-order valence-electron chi connectivity index (χ1n) is 36.6. The molecule has 0 fully saturated rings. The molecule has 0 spiro atoms. The summed E-state index contributed by atoms with van der Waals surface area (Å²) in [6.45, 7) is 6.85. The van der Waals surface area contributed by atoms with Crippen molar-refractivity contribution in [3.63, 3.8) is 0 Å². The summed E-state index contributed by atoms with van der Waals surface area (Å²) in [7, 11) is 1.19. The number of nitrogens with zero attached hydrogens (tertiary/aromatic N) is 1. The maximum absolute atomic E-state index is 13.6. The van der Waals surface area contributed by atoms with Crippen molar-refractivity contribution in [1.29, 1.82) is 0 Å². The van der Waals surface area contributed by atoms with Gasteiger partial charge in [0.05, 0.1) is 33.8 Å². The number of phosphoric ester groups is 1. The number of carbonyl (C=O) groups excluding carboxylic acids is 2. The number of carbonyl (C=O) groups is 2. The number of amides is 1. The van der Waals surface area contributed by atoms with Gasteiger partial charge in [0.2, 0.25) is 5.91 Å². The molecule has 10 heteroatoms. The minimum Gasteiger partial charge on any atom is -0.756 e. The smallest absolute Gasteiger partial charge is 0.306 e. The number of phosphoric acid groups is 1. The van der Waals surface area contributed by atoms with Crippen LogP contribution in [0.2, 0.25) is 0 Å². The summed E-state index contributed by atoms with van der Waals surface area (Å²) >= 11 is 0. The van der Waals surface area contributed by atoms with Gasteiger partial charge in [-0.3, -0.25) is 14.2 Å². The second-order valence-corrected chi connectivity index (χ2v) is 27.5. The summed E-state index contributed by atoms with van der Waals surface area (Å²) in [5, 5.41) is 3.05. The van der Waals surface area contributed by atoms with Crippen molar-refractivity contribution in [3.05, 3.63) is 60.8 Å². The molecule has 3 unspecified atom stereocenters. The van der Waals surface area contributed by atoms with Crippen LogP contribution in [0.1, 0.15) is 355 Å². The van der Waals surface area contributed by atoms with Gasteiger partial charge >= 0.3 is 5.97 Å². The third-order valence-corrected chi connectivity index (χ3v) is 17.4. The SMILES string of the molecule is CCCCC/C=C\C/C=C\C/C=C\CCCCCCCCCCCCCCCCC(=O)NC(COP(=O)([O-])OCC[N+](C)(C)C)C(/C=C\CCCCCCCCCCC)OC(=O)CCCCCCCCCCCCC/C=C/CCCCCCCC. The lowest BCUT2D eigenvalue weighted by Gasteiger charge is -2.30. The van der Waals surface area contributed by atoms with E-state index in [2.05, 4.69) is 74.7 Å². The molecule has 0 aliphatic heterocycles. The van der Waals surface area contributed by atoms with Crippen LogP contribution < -0.4 is 10.2 Å². The van der Waals surface area contributed by atoms with Crippen molar-refractivity contribution in [3.8, 4) is 0 Å². The Kier molecular flexibility index (Phi) is 62.9. The van der Waals surface area contributed by atoms with Crippen molar-refractivity contribution >= 4 is 19.7 Å². The second kappa shape index (κ2) is 64.7. The van der Waals surface area contributed by atoms with Crippen LogP contribution in [0.4, 0.5) is 0 Å². The Balaban J connectivity index is 4.96. The minimum absolute atomic E-state index is 0.0220. The van der Waals surface area contributed by atoms with Crippen LogP contribution in [0.3, 0.4) is 0 Å². The van der Waals surface area contributed by atoms with Crippen molar-refractivity contribution in [2.45, 2.75) is 367 Å². The molecule has 0 rings (SSSR count). The molecule has 498 valence electrons. The zero-order valence-corrected chi connectivity index (χ0v) is 58.0.